The molecule has 0 radical (unpaired) electrons. The van der Waals surface area contributed by atoms with Crippen LogP contribution in [-0.4, -0.2) is 10.8 Å². The Labute approximate surface area is 150 Å². The molecule has 1 N–H and O–H groups in total. The Morgan fingerprint density at radius 2 is 2.04 bits per heavy atom. The van der Waals surface area contributed by atoms with E-state index in [1.807, 2.05) is 38.1 Å². The predicted molar refractivity (Wildman–Crippen MR) is 103 cm³/mol. The van der Waals surface area contributed by atoms with Crippen LogP contribution >= 0.6 is 22.9 Å². The summed E-state index contributed by atoms with van der Waals surface area (Å²) in [6, 6.07) is 11.9. The van der Waals surface area contributed by atoms with E-state index in [2.05, 4.69) is 29.4 Å². The summed E-state index contributed by atoms with van der Waals surface area (Å²) >= 11 is 7.97. The number of hydrogen-bond acceptors (Lipinski definition) is 4. The number of aromatic nitrogens is 1. The molecule has 124 valence electrons. The molecule has 1 aromatic heterocycles. The highest BCUT2D eigenvalue weighted by Crippen LogP contribution is 2.32. The SMILES string of the molecule is Cc1ccc2nc(Nc3ccc(CC(=O)C(C)C)cc3Cl)sc2c1. The molecule has 0 atom stereocenters. The first kappa shape index (κ1) is 16.9. The highest BCUT2D eigenvalue weighted by molar-refractivity contribution is 7.22. The second kappa shape index (κ2) is 6.91. The molecule has 0 saturated heterocycles. The highest BCUT2D eigenvalue weighted by atomic mass is 35.5. The average molecular weight is 359 g/mol. The number of nitrogens with one attached hydrogen (secondary N) is 1. The number of aryl methyl sites for hydroxylation is 1. The van der Waals surface area contributed by atoms with Gasteiger partial charge in [0.05, 0.1) is 20.9 Å². The first-order valence-corrected chi connectivity index (χ1v) is 9.07. The van der Waals surface area contributed by atoms with Crippen molar-refractivity contribution in [1.29, 1.82) is 0 Å². The Bertz CT molecular complexity index is 902. The number of carbonyl (C=O) groups excluding carboxylic acids is 1. The molecule has 3 rings (SSSR count). The van der Waals surface area contributed by atoms with Crippen molar-refractivity contribution < 1.29 is 4.79 Å². The Kier molecular flexibility index (Phi) is 4.88. The molecule has 0 aliphatic heterocycles. The van der Waals surface area contributed by atoms with Crippen molar-refractivity contribution in [3.05, 3.63) is 52.5 Å². The van der Waals surface area contributed by atoms with Crippen LogP contribution in [0.15, 0.2) is 36.4 Å². The van der Waals surface area contributed by atoms with Crippen LogP contribution in [0, 0.1) is 12.8 Å². The average Bonchev–Trinajstić information content (AvgIpc) is 2.91. The van der Waals surface area contributed by atoms with Gasteiger partial charge in [0.1, 0.15) is 5.78 Å². The van der Waals surface area contributed by atoms with Crippen LogP contribution in [0.25, 0.3) is 10.2 Å². The van der Waals surface area contributed by atoms with Gasteiger partial charge in [-0.15, -0.1) is 0 Å². The van der Waals surface area contributed by atoms with Gasteiger partial charge in [0.25, 0.3) is 0 Å². The lowest BCUT2D eigenvalue weighted by atomic mass is 10.0. The molecule has 0 bridgehead atoms. The van der Waals surface area contributed by atoms with Gasteiger partial charge in [-0.2, -0.15) is 0 Å². The fraction of sp³-hybridized carbons (Fsp3) is 0.263. The van der Waals surface area contributed by atoms with Gasteiger partial charge in [-0.3, -0.25) is 4.79 Å². The molecule has 0 amide bonds. The number of halogens is 1. The smallest absolute Gasteiger partial charge is 0.188 e. The third-order valence-electron chi connectivity index (χ3n) is 3.84. The van der Waals surface area contributed by atoms with Crippen LogP contribution in [0.1, 0.15) is 25.0 Å². The maximum atomic E-state index is 11.9. The van der Waals surface area contributed by atoms with Gasteiger partial charge in [0.2, 0.25) is 0 Å². The molecule has 0 aliphatic carbocycles. The number of thiazole rings is 1. The van der Waals surface area contributed by atoms with Crippen LogP contribution in [-0.2, 0) is 11.2 Å². The summed E-state index contributed by atoms with van der Waals surface area (Å²) < 4.78 is 1.15. The van der Waals surface area contributed by atoms with E-state index in [1.54, 1.807) is 11.3 Å². The maximum Gasteiger partial charge on any atom is 0.188 e. The molecule has 5 heteroatoms. The van der Waals surface area contributed by atoms with Gasteiger partial charge >= 0.3 is 0 Å². The Balaban J connectivity index is 1.80. The number of rotatable bonds is 5. The summed E-state index contributed by atoms with van der Waals surface area (Å²) in [6.07, 6.45) is 0.415. The summed E-state index contributed by atoms with van der Waals surface area (Å²) in [6.45, 7) is 5.89. The molecule has 0 spiro atoms. The van der Waals surface area contributed by atoms with Crippen molar-refractivity contribution >= 4 is 49.8 Å². The minimum atomic E-state index is 0.0350. The largest absolute Gasteiger partial charge is 0.330 e. The molecule has 0 aliphatic rings. The third-order valence-corrected chi connectivity index (χ3v) is 5.09. The van der Waals surface area contributed by atoms with Crippen molar-refractivity contribution in [1.82, 2.24) is 4.98 Å². The topological polar surface area (TPSA) is 42.0 Å². The van der Waals surface area contributed by atoms with Gasteiger partial charge in [0, 0.05) is 12.3 Å². The van der Waals surface area contributed by atoms with Crippen LogP contribution in [0.5, 0.6) is 0 Å². The minimum absolute atomic E-state index is 0.0350. The number of hydrogen-bond donors (Lipinski definition) is 1. The highest BCUT2D eigenvalue weighted by Gasteiger charge is 2.11. The lowest BCUT2D eigenvalue weighted by Gasteiger charge is -2.08. The zero-order valence-electron chi connectivity index (χ0n) is 13.9. The Hall–Kier alpha value is -1.91. The van der Waals surface area contributed by atoms with Crippen molar-refractivity contribution in [3.8, 4) is 0 Å². The fourth-order valence-corrected chi connectivity index (χ4v) is 3.60. The van der Waals surface area contributed by atoms with E-state index in [9.17, 15) is 4.79 Å². The number of anilines is 2. The van der Waals surface area contributed by atoms with E-state index >= 15 is 0 Å². The molecule has 0 fully saturated rings. The van der Waals surface area contributed by atoms with Gasteiger partial charge in [-0.1, -0.05) is 48.9 Å². The molecule has 0 unspecified atom stereocenters. The quantitative estimate of drug-likeness (QED) is 0.629. The number of Topliss-reactive ketones (excluding diaryl/α,β-unsaturated/α-hetero) is 1. The lowest BCUT2D eigenvalue weighted by molar-refractivity contribution is -0.121. The summed E-state index contributed by atoms with van der Waals surface area (Å²) in [5.41, 5.74) is 3.93. The number of fused-ring (bicyclic) bond motifs is 1. The van der Waals surface area contributed by atoms with Gasteiger partial charge in [-0.25, -0.2) is 4.98 Å². The van der Waals surface area contributed by atoms with Gasteiger partial charge < -0.3 is 5.32 Å². The minimum Gasteiger partial charge on any atom is -0.330 e. The van der Waals surface area contributed by atoms with E-state index in [1.165, 1.54) is 5.56 Å². The maximum absolute atomic E-state index is 11.9. The number of benzene rings is 2. The monoisotopic (exact) mass is 358 g/mol. The second-order valence-electron chi connectivity index (χ2n) is 6.23. The standard InChI is InChI=1S/C19H19ClN2OS/c1-11(2)17(23)10-13-5-7-15(14(20)9-13)21-19-22-16-6-4-12(3)8-18(16)24-19/h4-9,11H,10H2,1-3H3,(H,21,22). The summed E-state index contributed by atoms with van der Waals surface area (Å²) in [5, 5.41) is 4.68. The van der Waals surface area contributed by atoms with E-state index in [-0.39, 0.29) is 11.7 Å². The molecule has 3 aromatic rings. The molecule has 0 saturated carbocycles. The summed E-state index contributed by atoms with van der Waals surface area (Å²) in [5.74, 6) is 0.251. The van der Waals surface area contributed by atoms with Gasteiger partial charge in [0.15, 0.2) is 5.13 Å². The molecule has 24 heavy (non-hydrogen) atoms. The molecular weight excluding hydrogens is 340 g/mol. The number of ketones is 1. The van der Waals surface area contributed by atoms with E-state index < -0.39 is 0 Å². The first-order chi connectivity index (χ1) is 11.4. The fourth-order valence-electron chi connectivity index (χ4n) is 2.38. The van der Waals surface area contributed by atoms with Crippen LogP contribution < -0.4 is 5.32 Å². The number of nitrogens with zero attached hydrogens (tertiary/aromatic N) is 1. The normalized spacial score (nSPS) is 11.2. The van der Waals surface area contributed by atoms with Crippen LogP contribution in [0.4, 0.5) is 10.8 Å². The third kappa shape index (κ3) is 3.77. The van der Waals surface area contributed by atoms with Crippen molar-refractivity contribution in [2.75, 3.05) is 5.32 Å². The van der Waals surface area contributed by atoms with Crippen molar-refractivity contribution in [2.45, 2.75) is 27.2 Å². The number of carbonyl (C=O) groups is 1. The molecule has 1 heterocycles. The van der Waals surface area contributed by atoms with E-state index in [0.717, 1.165) is 26.6 Å². The Morgan fingerprint density at radius 1 is 1.25 bits per heavy atom. The summed E-state index contributed by atoms with van der Waals surface area (Å²) in [4.78, 5) is 16.4. The molecule has 2 aromatic carbocycles. The second-order valence-corrected chi connectivity index (χ2v) is 7.67. The summed E-state index contributed by atoms with van der Waals surface area (Å²) in [7, 11) is 0. The van der Waals surface area contributed by atoms with Gasteiger partial charge in [-0.05, 0) is 42.3 Å². The van der Waals surface area contributed by atoms with Crippen molar-refractivity contribution in [3.63, 3.8) is 0 Å². The zero-order valence-corrected chi connectivity index (χ0v) is 15.5. The van der Waals surface area contributed by atoms with E-state index in [4.69, 9.17) is 11.6 Å². The first-order valence-electron chi connectivity index (χ1n) is 7.88. The van der Waals surface area contributed by atoms with Crippen molar-refractivity contribution in [2.24, 2.45) is 5.92 Å². The molecule has 3 nitrogen and oxygen atoms in total. The molecular formula is C19H19ClN2OS. The predicted octanol–water partition coefficient (Wildman–Crippen LogP) is 5.77. The van der Waals surface area contributed by atoms with Crippen LogP contribution in [0.2, 0.25) is 5.02 Å². The lowest BCUT2D eigenvalue weighted by Crippen LogP contribution is -2.10. The van der Waals surface area contributed by atoms with E-state index in [0.29, 0.717) is 11.4 Å². The van der Waals surface area contributed by atoms with Crippen LogP contribution in [0.3, 0.4) is 0 Å². The zero-order chi connectivity index (χ0) is 17.3. The Morgan fingerprint density at radius 3 is 2.75 bits per heavy atom.